The van der Waals surface area contributed by atoms with E-state index in [-0.39, 0.29) is 0 Å². The van der Waals surface area contributed by atoms with E-state index in [4.69, 9.17) is 0 Å². The zero-order valence-corrected chi connectivity index (χ0v) is 12.4. The zero-order valence-electron chi connectivity index (χ0n) is 12.4. The average molecular weight is 270 g/mol. The van der Waals surface area contributed by atoms with Crippen LogP contribution in [0.2, 0.25) is 0 Å². The molecule has 0 aliphatic heterocycles. The molecule has 0 saturated heterocycles. The molecule has 0 bridgehead atoms. The minimum atomic E-state index is 0.842. The normalized spacial score (nSPS) is 11.5. The molecule has 0 aliphatic carbocycles. The van der Waals surface area contributed by atoms with Gasteiger partial charge >= 0.3 is 0 Å². The van der Waals surface area contributed by atoms with E-state index < -0.39 is 0 Å². The van der Waals surface area contributed by atoms with Gasteiger partial charge in [-0.2, -0.15) is 0 Å². The highest BCUT2D eigenvalue weighted by Crippen LogP contribution is 2.26. The van der Waals surface area contributed by atoms with Gasteiger partial charge in [-0.1, -0.05) is 18.2 Å². The van der Waals surface area contributed by atoms with Crippen LogP contribution >= 0.6 is 0 Å². The molecule has 20 heavy (non-hydrogen) atoms. The van der Waals surface area contributed by atoms with Gasteiger partial charge in [-0.05, 0) is 6.07 Å². The Bertz CT molecular complexity index is 689. The maximum Gasteiger partial charge on any atom is 0.218 e. The highest BCUT2D eigenvalue weighted by atomic mass is 16.1. The SMILES string of the molecule is CN(C)C=C(C=[N+](C)C)c1cn(C=O)c2ccccc12. The highest BCUT2D eigenvalue weighted by Gasteiger charge is 2.13. The molecule has 0 atom stereocenters. The number of carbonyl (C=O) groups excluding carboxylic acids is 1. The van der Waals surface area contributed by atoms with Crippen LogP contribution in [-0.2, 0) is 4.79 Å². The van der Waals surface area contributed by atoms with Gasteiger partial charge < -0.3 is 4.90 Å². The second kappa shape index (κ2) is 5.74. The number of hydrogen-bond acceptors (Lipinski definition) is 2. The van der Waals surface area contributed by atoms with Crippen LogP contribution in [0.5, 0.6) is 0 Å². The molecule has 4 heteroatoms. The predicted octanol–water partition coefficient (Wildman–Crippen LogP) is 1.92. The fourth-order valence-corrected chi connectivity index (χ4v) is 2.25. The standard InChI is InChI=1S/C16H20N3O/c1-17(2)9-13(10-18(3)4)15-11-19(12-20)16-8-6-5-7-14(15)16/h5-12H,1-4H3/q+1. The molecule has 1 aromatic heterocycles. The third kappa shape index (κ3) is 2.79. The summed E-state index contributed by atoms with van der Waals surface area (Å²) in [5.41, 5.74) is 3.04. The van der Waals surface area contributed by atoms with Crippen molar-refractivity contribution in [3.63, 3.8) is 0 Å². The molecular weight excluding hydrogens is 250 g/mol. The fourth-order valence-electron chi connectivity index (χ4n) is 2.25. The Balaban J connectivity index is 2.71. The molecule has 0 radical (unpaired) electrons. The number of nitrogens with zero attached hydrogens (tertiary/aromatic N) is 3. The van der Waals surface area contributed by atoms with Gasteiger partial charge in [0.1, 0.15) is 14.1 Å². The Morgan fingerprint density at radius 2 is 1.95 bits per heavy atom. The number of para-hydroxylation sites is 1. The Kier molecular flexibility index (Phi) is 4.03. The van der Waals surface area contributed by atoms with Crippen molar-refractivity contribution in [2.45, 2.75) is 0 Å². The number of allylic oxidation sites excluding steroid dienone is 1. The second-order valence-corrected chi connectivity index (χ2v) is 5.21. The summed E-state index contributed by atoms with van der Waals surface area (Å²) in [5.74, 6) is 0. The molecule has 0 amide bonds. The number of fused-ring (bicyclic) bond motifs is 1. The van der Waals surface area contributed by atoms with Crippen LogP contribution in [0.3, 0.4) is 0 Å². The van der Waals surface area contributed by atoms with Crippen LogP contribution in [0.15, 0.2) is 36.7 Å². The Morgan fingerprint density at radius 3 is 2.55 bits per heavy atom. The van der Waals surface area contributed by atoms with E-state index in [1.807, 2.05) is 68.1 Å². The predicted molar refractivity (Wildman–Crippen MR) is 83.9 cm³/mol. The van der Waals surface area contributed by atoms with Gasteiger partial charge in [-0.15, -0.1) is 0 Å². The third-order valence-corrected chi connectivity index (χ3v) is 2.96. The molecule has 4 nitrogen and oxygen atoms in total. The molecule has 1 heterocycles. The monoisotopic (exact) mass is 270 g/mol. The lowest BCUT2D eigenvalue weighted by atomic mass is 10.1. The van der Waals surface area contributed by atoms with E-state index in [9.17, 15) is 4.79 Å². The summed E-state index contributed by atoms with van der Waals surface area (Å²) in [6, 6.07) is 7.93. The van der Waals surface area contributed by atoms with E-state index >= 15 is 0 Å². The lowest BCUT2D eigenvalue weighted by Crippen LogP contribution is -2.07. The summed E-state index contributed by atoms with van der Waals surface area (Å²) < 4.78 is 3.63. The van der Waals surface area contributed by atoms with Crippen LogP contribution in [0, 0.1) is 0 Å². The number of carbonyl (C=O) groups is 1. The number of rotatable bonds is 4. The molecule has 2 rings (SSSR count). The molecule has 104 valence electrons. The first kappa shape index (κ1) is 14.1. The van der Waals surface area contributed by atoms with Crippen molar-refractivity contribution in [2.24, 2.45) is 0 Å². The molecule has 2 aromatic rings. The minimum Gasteiger partial charge on any atom is -0.383 e. The number of hydrogen-bond donors (Lipinski definition) is 0. The highest BCUT2D eigenvalue weighted by molar-refractivity contribution is 6.13. The first-order valence-electron chi connectivity index (χ1n) is 6.47. The minimum absolute atomic E-state index is 0.842. The van der Waals surface area contributed by atoms with Crippen molar-refractivity contribution in [2.75, 3.05) is 28.2 Å². The zero-order chi connectivity index (χ0) is 14.7. The smallest absolute Gasteiger partial charge is 0.218 e. The first-order chi connectivity index (χ1) is 9.52. The van der Waals surface area contributed by atoms with Gasteiger partial charge in [0.05, 0.1) is 11.1 Å². The van der Waals surface area contributed by atoms with E-state index in [2.05, 4.69) is 12.4 Å². The van der Waals surface area contributed by atoms with Crippen molar-refractivity contribution in [1.82, 2.24) is 9.47 Å². The van der Waals surface area contributed by atoms with Crippen molar-refractivity contribution >= 4 is 29.1 Å². The van der Waals surface area contributed by atoms with Gasteiger partial charge in [0.2, 0.25) is 6.41 Å². The summed E-state index contributed by atoms with van der Waals surface area (Å²) in [7, 11) is 7.95. The van der Waals surface area contributed by atoms with E-state index in [0.717, 1.165) is 28.4 Å². The van der Waals surface area contributed by atoms with E-state index in [0.29, 0.717) is 0 Å². The lowest BCUT2D eigenvalue weighted by molar-refractivity contribution is -0.458. The summed E-state index contributed by atoms with van der Waals surface area (Å²) in [5, 5.41) is 1.07. The van der Waals surface area contributed by atoms with E-state index in [1.54, 1.807) is 4.57 Å². The van der Waals surface area contributed by atoms with Crippen LogP contribution < -0.4 is 0 Å². The second-order valence-electron chi connectivity index (χ2n) is 5.21. The number of benzene rings is 1. The molecule has 0 spiro atoms. The van der Waals surface area contributed by atoms with Crippen molar-refractivity contribution in [3.8, 4) is 0 Å². The Hall–Kier alpha value is -2.36. The van der Waals surface area contributed by atoms with Crippen molar-refractivity contribution in [3.05, 3.63) is 42.2 Å². The summed E-state index contributed by atoms with van der Waals surface area (Å²) >= 11 is 0. The largest absolute Gasteiger partial charge is 0.383 e. The molecule has 0 aliphatic rings. The van der Waals surface area contributed by atoms with Crippen LogP contribution in [-0.4, -0.2) is 54.9 Å². The van der Waals surface area contributed by atoms with Gasteiger partial charge in [0, 0.05) is 37.4 Å². The molecule has 0 unspecified atom stereocenters. The molecule has 0 saturated carbocycles. The Morgan fingerprint density at radius 1 is 1.25 bits per heavy atom. The fraction of sp³-hybridized carbons (Fsp3) is 0.250. The average Bonchev–Trinajstić information content (AvgIpc) is 2.75. The number of aromatic nitrogens is 1. The topological polar surface area (TPSA) is 28.2 Å². The van der Waals surface area contributed by atoms with Gasteiger partial charge in [-0.25, -0.2) is 4.58 Å². The van der Waals surface area contributed by atoms with Gasteiger partial charge in [0.25, 0.3) is 0 Å². The molecular formula is C16H20N3O+. The van der Waals surface area contributed by atoms with Crippen LogP contribution in [0.25, 0.3) is 16.5 Å². The van der Waals surface area contributed by atoms with Crippen molar-refractivity contribution < 1.29 is 9.37 Å². The van der Waals surface area contributed by atoms with Crippen molar-refractivity contribution in [1.29, 1.82) is 0 Å². The maximum absolute atomic E-state index is 11.2. The van der Waals surface area contributed by atoms with Gasteiger partial charge in [0.15, 0.2) is 6.21 Å². The van der Waals surface area contributed by atoms with Crippen LogP contribution in [0.4, 0.5) is 0 Å². The lowest BCUT2D eigenvalue weighted by Gasteiger charge is -2.07. The molecule has 0 fully saturated rings. The third-order valence-electron chi connectivity index (χ3n) is 2.96. The molecule has 1 aromatic carbocycles. The molecule has 0 N–H and O–H groups in total. The summed E-state index contributed by atoms with van der Waals surface area (Å²) in [6.45, 7) is 0. The maximum atomic E-state index is 11.2. The quantitative estimate of drug-likeness (QED) is 0.482. The van der Waals surface area contributed by atoms with Gasteiger partial charge in [-0.3, -0.25) is 9.36 Å². The Labute approximate surface area is 119 Å². The summed E-state index contributed by atoms with van der Waals surface area (Å²) in [4.78, 5) is 13.2. The first-order valence-corrected chi connectivity index (χ1v) is 6.47. The summed E-state index contributed by atoms with van der Waals surface area (Å²) in [6.07, 6.45) is 6.83. The van der Waals surface area contributed by atoms with E-state index in [1.165, 1.54) is 0 Å². The van der Waals surface area contributed by atoms with Crippen LogP contribution in [0.1, 0.15) is 5.56 Å².